The van der Waals surface area contributed by atoms with Crippen molar-refractivity contribution in [3.63, 3.8) is 0 Å². The molecule has 0 spiro atoms. The predicted octanol–water partition coefficient (Wildman–Crippen LogP) is 5.71. The van der Waals surface area contributed by atoms with E-state index >= 15 is 0 Å². The summed E-state index contributed by atoms with van der Waals surface area (Å²) in [5, 5.41) is 17.3. The molecule has 0 amide bonds. The van der Waals surface area contributed by atoms with E-state index in [-0.39, 0.29) is 0 Å². The van der Waals surface area contributed by atoms with Gasteiger partial charge >= 0.3 is 0 Å². The average Bonchev–Trinajstić information content (AvgIpc) is 2.31. The summed E-state index contributed by atoms with van der Waals surface area (Å²) >= 11 is 14.6. The van der Waals surface area contributed by atoms with Crippen molar-refractivity contribution in [3.05, 3.63) is 60.7 Å². The van der Waals surface area contributed by atoms with Crippen LogP contribution in [0, 0.1) is 0 Å². The Balaban J connectivity index is 0.000000253. The van der Waals surface area contributed by atoms with Gasteiger partial charge in [0.05, 0.1) is 0 Å². The second-order valence-electron chi connectivity index (χ2n) is 2.86. The minimum Gasteiger partial charge on any atom is -0.508 e. The Labute approximate surface area is 122 Å². The zero-order valence-electron chi connectivity index (χ0n) is 9.25. The zero-order valence-corrected chi connectivity index (χ0v) is 12.4. The summed E-state index contributed by atoms with van der Waals surface area (Å²) in [5.74, 6) is -0.560. The van der Waals surface area contributed by atoms with Crippen molar-refractivity contribution in [2.24, 2.45) is 0 Å². The SMILES string of the molecule is ClP(Cl)Cl.Oc1ccccc1.Oc1ccccc1. The third kappa shape index (κ3) is 13.4. The standard InChI is InChI=1S/2C6H6O.Cl3P/c2*7-6-4-2-1-3-5-6;1-4(2)3/h2*1-5,7H;. The van der Waals surface area contributed by atoms with Crippen molar-refractivity contribution < 1.29 is 10.2 Å². The lowest BCUT2D eigenvalue weighted by atomic mass is 10.3. The van der Waals surface area contributed by atoms with Crippen molar-refractivity contribution in [2.75, 3.05) is 0 Å². The molecular weight excluding hydrogens is 313 g/mol. The fraction of sp³-hybridized carbons (Fsp3) is 0. The Bertz CT molecular complexity index is 358. The molecule has 0 fully saturated rings. The molecule has 2 nitrogen and oxygen atoms in total. The first kappa shape index (κ1) is 17.3. The minimum absolute atomic E-state index is 0.322. The number of hydrogen-bond acceptors (Lipinski definition) is 2. The molecule has 0 aromatic heterocycles. The Hall–Kier alpha value is -0.660. The van der Waals surface area contributed by atoms with E-state index in [1.54, 1.807) is 48.5 Å². The maximum atomic E-state index is 8.63. The van der Waals surface area contributed by atoms with Gasteiger partial charge in [-0.15, -0.1) is 0 Å². The van der Waals surface area contributed by atoms with Gasteiger partial charge in [-0.25, -0.2) is 0 Å². The van der Waals surface area contributed by atoms with Crippen molar-refractivity contribution in [1.29, 1.82) is 0 Å². The fourth-order valence-corrected chi connectivity index (χ4v) is 0.856. The summed E-state index contributed by atoms with van der Waals surface area (Å²) in [6.45, 7) is 0. The van der Waals surface area contributed by atoms with Crippen molar-refractivity contribution in [2.45, 2.75) is 0 Å². The Kier molecular flexibility index (Phi) is 11.0. The molecule has 2 aromatic rings. The molecule has 0 radical (unpaired) electrons. The van der Waals surface area contributed by atoms with Crippen LogP contribution in [0.25, 0.3) is 0 Å². The monoisotopic (exact) mass is 324 g/mol. The highest BCUT2D eigenvalue weighted by molar-refractivity contribution is 8.20. The molecule has 0 aliphatic heterocycles. The van der Waals surface area contributed by atoms with Gasteiger partial charge in [0.25, 0.3) is 0 Å². The molecule has 0 atom stereocenters. The maximum absolute atomic E-state index is 8.63. The number of phenolic OH excluding ortho intramolecular Hbond substituents is 2. The number of aromatic hydroxyl groups is 2. The molecule has 98 valence electrons. The van der Waals surface area contributed by atoms with Crippen molar-refractivity contribution >= 4 is 39.7 Å². The molecule has 6 heteroatoms. The van der Waals surface area contributed by atoms with E-state index in [0.29, 0.717) is 11.5 Å². The van der Waals surface area contributed by atoms with E-state index in [4.69, 9.17) is 43.9 Å². The molecule has 18 heavy (non-hydrogen) atoms. The first-order valence-electron chi connectivity index (χ1n) is 4.78. The summed E-state index contributed by atoms with van der Waals surface area (Å²) in [6.07, 6.45) is 0. The Morgan fingerprint density at radius 1 is 0.611 bits per heavy atom. The normalized spacial score (nSPS) is 8.67. The lowest BCUT2D eigenvalue weighted by molar-refractivity contribution is 0.475. The van der Waals surface area contributed by atoms with E-state index in [9.17, 15) is 0 Å². The van der Waals surface area contributed by atoms with Crippen LogP contribution in [0.1, 0.15) is 0 Å². The van der Waals surface area contributed by atoms with Crippen LogP contribution in [0.5, 0.6) is 11.5 Å². The molecule has 2 aromatic carbocycles. The first-order valence-corrected chi connectivity index (χ1v) is 8.83. The lowest BCUT2D eigenvalue weighted by Crippen LogP contribution is -1.56. The van der Waals surface area contributed by atoms with Crippen LogP contribution in [0.2, 0.25) is 0 Å². The maximum Gasteiger partial charge on any atom is 0.179 e. The molecule has 0 saturated heterocycles. The number of phenols is 2. The van der Waals surface area contributed by atoms with Crippen LogP contribution in [0.4, 0.5) is 0 Å². The van der Waals surface area contributed by atoms with Gasteiger partial charge < -0.3 is 10.2 Å². The third-order valence-electron chi connectivity index (χ3n) is 1.51. The van der Waals surface area contributed by atoms with Gasteiger partial charge in [-0.05, 0) is 24.3 Å². The molecule has 0 bridgehead atoms. The lowest BCUT2D eigenvalue weighted by Gasteiger charge is -1.82. The predicted molar refractivity (Wildman–Crippen MR) is 80.7 cm³/mol. The van der Waals surface area contributed by atoms with E-state index in [0.717, 1.165) is 0 Å². The van der Waals surface area contributed by atoms with Crippen molar-refractivity contribution in [3.8, 4) is 11.5 Å². The summed E-state index contributed by atoms with van der Waals surface area (Å²) in [6, 6.07) is 17.4. The highest BCUT2D eigenvalue weighted by Crippen LogP contribution is 2.51. The summed E-state index contributed by atoms with van der Waals surface area (Å²) in [7, 11) is 0. The summed E-state index contributed by atoms with van der Waals surface area (Å²) in [4.78, 5) is 0. The van der Waals surface area contributed by atoms with Gasteiger partial charge in [-0.1, -0.05) is 70.1 Å². The van der Waals surface area contributed by atoms with Gasteiger partial charge in [0.15, 0.2) is 5.98 Å². The van der Waals surface area contributed by atoms with Gasteiger partial charge in [0.2, 0.25) is 0 Å². The second-order valence-corrected chi connectivity index (χ2v) is 7.85. The molecule has 0 aliphatic carbocycles. The number of para-hydroxylation sites is 2. The zero-order chi connectivity index (χ0) is 13.8. The van der Waals surface area contributed by atoms with Crippen LogP contribution in [0.3, 0.4) is 0 Å². The Morgan fingerprint density at radius 3 is 0.944 bits per heavy atom. The van der Waals surface area contributed by atoms with Gasteiger partial charge in [-0.2, -0.15) is 0 Å². The minimum atomic E-state index is -1.20. The topological polar surface area (TPSA) is 40.5 Å². The first-order chi connectivity index (χ1) is 8.52. The second kappa shape index (κ2) is 11.4. The highest BCUT2D eigenvalue weighted by atomic mass is 36.0. The van der Waals surface area contributed by atoms with E-state index in [1.807, 2.05) is 12.1 Å². The van der Waals surface area contributed by atoms with Gasteiger partial charge in [-0.3, -0.25) is 0 Å². The van der Waals surface area contributed by atoms with Crippen LogP contribution in [-0.2, 0) is 0 Å². The number of halogens is 3. The molecule has 0 unspecified atom stereocenters. The largest absolute Gasteiger partial charge is 0.508 e. The van der Waals surface area contributed by atoms with E-state index in [2.05, 4.69) is 0 Å². The van der Waals surface area contributed by atoms with Crippen molar-refractivity contribution in [1.82, 2.24) is 0 Å². The fourth-order valence-electron chi connectivity index (χ4n) is 0.856. The molecule has 0 aliphatic rings. The molecule has 2 rings (SSSR count). The highest BCUT2D eigenvalue weighted by Gasteiger charge is 1.80. The smallest absolute Gasteiger partial charge is 0.179 e. The number of hydrogen-bond donors (Lipinski definition) is 2. The number of benzene rings is 2. The van der Waals surface area contributed by atoms with Crippen LogP contribution in [0.15, 0.2) is 60.7 Å². The summed E-state index contributed by atoms with van der Waals surface area (Å²) < 4.78 is 0. The van der Waals surface area contributed by atoms with E-state index in [1.165, 1.54) is 0 Å². The quantitative estimate of drug-likeness (QED) is 0.609. The van der Waals surface area contributed by atoms with E-state index < -0.39 is 5.98 Å². The molecule has 0 heterocycles. The van der Waals surface area contributed by atoms with Crippen LogP contribution >= 0.6 is 39.7 Å². The third-order valence-corrected chi connectivity index (χ3v) is 1.51. The van der Waals surface area contributed by atoms with Crippen LogP contribution < -0.4 is 0 Å². The number of rotatable bonds is 0. The molecular formula is C12H12Cl3O2P. The molecule has 0 saturated carbocycles. The van der Waals surface area contributed by atoms with Gasteiger partial charge in [0.1, 0.15) is 11.5 Å². The van der Waals surface area contributed by atoms with Crippen LogP contribution in [-0.4, -0.2) is 10.2 Å². The molecule has 2 N–H and O–H groups in total. The Morgan fingerprint density at radius 2 is 0.833 bits per heavy atom. The average molecular weight is 326 g/mol. The van der Waals surface area contributed by atoms with Gasteiger partial charge in [0, 0.05) is 0 Å². The summed E-state index contributed by atoms with van der Waals surface area (Å²) in [5.41, 5.74) is 0.